The second-order valence-electron chi connectivity index (χ2n) is 6.55. The number of hydrogen-bond donors (Lipinski definition) is 1. The fraction of sp³-hybridized carbons (Fsp3) is 0.350. The lowest BCUT2D eigenvalue weighted by Gasteiger charge is -2.20. The molecule has 0 saturated heterocycles. The van der Waals surface area contributed by atoms with E-state index >= 15 is 0 Å². The molecule has 3 rings (SSSR count). The van der Waals surface area contributed by atoms with E-state index in [1.807, 2.05) is 0 Å². The first-order valence-corrected chi connectivity index (χ1v) is 10.4. The average Bonchev–Trinajstić information content (AvgIpc) is 3.31. The summed E-state index contributed by atoms with van der Waals surface area (Å²) in [6.07, 6.45) is -1.24. The molecule has 172 valence electrons. The molecule has 2 heterocycles. The van der Waals surface area contributed by atoms with Crippen molar-refractivity contribution in [2.75, 3.05) is 18.5 Å². The zero-order valence-electron chi connectivity index (χ0n) is 17.5. The number of benzene rings is 1. The molecule has 12 heteroatoms. The number of nitrogens with one attached hydrogen (secondary N) is 1. The quantitative estimate of drug-likeness (QED) is 0.420. The molecule has 0 unspecified atom stereocenters. The van der Waals surface area contributed by atoms with E-state index in [-0.39, 0.29) is 11.3 Å². The van der Waals surface area contributed by atoms with Gasteiger partial charge in [0.2, 0.25) is 6.29 Å². The maximum atomic E-state index is 13.3. The molecule has 32 heavy (non-hydrogen) atoms. The van der Waals surface area contributed by atoms with Crippen LogP contribution in [0.4, 0.5) is 14.5 Å². The van der Waals surface area contributed by atoms with Crippen LogP contribution in [-0.4, -0.2) is 38.7 Å². The summed E-state index contributed by atoms with van der Waals surface area (Å²) in [6.45, 7) is 4.17. The molecule has 8 nitrogen and oxygen atoms in total. The maximum Gasteiger partial charge on any atom is 0.282 e. The molecular formula is C20H21Cl2F2N5O3. The molecule has 1 N–H and O–H groups in total. The molecule has 0 aliphatic heterocycles. The predicted octanol–water partition coefficient (Wildman–Crippen LogP) is 5.17. The summed E-state index contributed by atoms with van der Waals surface area (Å²) in [6, 6.07) is 4.83. The van der Waals surface area contributed by atoms with Crippen LogP contribution in [0.1, 0.15) is 48.3 Å². The lowest BCUT2D eigenvalue weighted by molar-refractivity contribution is -0.143. The molecule has 0 atom stereocenters. The van der Waals surface area contributed by atoms with Crippen LogP contribution in [0.2, 0.25) is 10.0 Å². The van der Waals surface area contributed by atoms with E-state index in [1.165, 1.54) is 24.1 Å². The summed E-state index contributed by atoms with van der Waals surface area (Å²) in [5.74, 6) is -0.775. The van der Waals surface area contributed by atoms with E-state index in [0.29, 0.717) is 34.6 Å². The van der Waals surface area contributed by atoms with Crippen molar-refractivity contribution in [2.24, 2.45) is 7.05 Å². The number of halogens is 4. The molecule has 0 spiro atoms. The number of amides is 1. The third-order valence-electron chi connectivity index (χ3n) is 4.36. The van der Waals surface area contributed by atoms with Crippen molar-refractivity contribution in [2.45, 2.75) is 26.6 Å². The van der Waals surface area contributed by atoms with Gasteiger partial charge in [0.15, 0.2) is 0 Å². The Morgan fingerprint density at radius 1 is 1.22 bits per heavy atom. The van der Waals surface area contributed by atoms with Crippen LogP contribution in [0.5, 0.6) is 0 Å². The van der Waals surface area contributed by atoms with E-state index in [4.69, 9.17) is 32.7 Å². The van der Waals surface area contributed by atoms with Crippen LogP contribution in [0, 0.1) is 0 Å². The van der Waals surface area contributed by atoms with Gasteiger partial charge in [0.25, 0.3) is 12.3 Å². The van der Waals surface area contributed by atoms with Crippen molar-refractivity contribution in [3.63, 3.8) is 0 Å². The minimum absolute atomic E-state index is 0.206. The Kier molecular flexibility index (Phi) is 7.83. The molecule has 1 aromatic carbocycles. The highest BCUT2D eigenvalue weighted by Crippen LogP contribution is 2.33. The number of nitrogens with zero attached hydrogens (tertiary/aromatic N) is 4. The number of rotatable bonds is 9. The highest BCUT2D eigenvalue weighted by Gasteiger charge is 2.28. The molecular weight excluding hydrogens is 467 g/mol. The average molecular weight is 488 g/mol. The SMILES string of the molecule is CCOC(OCC)c1c(NC(=O)c2cn(C)nc2C(F)F)cnn1-c1ccc(Cl)cc1Cl. The Morgan fingerprint density at radius 2 is 1.91 bits per heavy atom. The van der Waals surface area contributed by atoms with Crippen LogP contribution >= 0.6 is 23.2 Å². The second kappa shape index (κ2) is 10.4. The number of hydrogen-bond acceptors (Lipinski definition) is 5. The zero-order valence-corrected chi connectivity index (χ0v) is 19.0. The number of alkyl halides is 2. The van der Waals surface area contributed by atoms with Gasteiger partial charge in [-0.15, -0.1) is 0 Å². The van der Waals surface area contributed by atoms with Gasteiger partial charge in [-0.3, -0.25) is 9.48 Å². The van der Waals surface area contributed by atoms with Crippen LogP contribution in [0.15, 0.2) is 30.6 Å². The number of carbonyl (C=O) groups is 1. The third kappa shape index (κ3) is 5.09. The van der Waals surface area contributed by atoms with Gasteiger partial charge in [0.1, 0.15) is 11.4 Å². The van der Waals surface area contributed by atoms with Crippen molar-refractivity contribution >= 4 is 34.8 Å². The van der Waals surface area contributed by atoms with E-state index in [0.717, 1.165) is 4.68 Å². The summed E-state index contributed by atoms with van der Waals surface area (Å²) in [5, 5.41) is 11.3. The molecule has 0 aliphatic rings. The van der Waals surface area contributed by atoms with Crippen molar-refractivity contribution in [3.05, 3.63) is 57.6 Å². The first kappa shape index (κ1) is 24.1. The fourth-order valence-corrected chi connectivity index (χ4v) is 3.55. The van der Waals surface area contributed by atoms with Crippen molar-refractivity contribution < 1.29 is 23.0 Å². The Bertz CT molecular complexity index is 1100. The number of aryl methyl sites for hydroxylation is 1. The van der Waals surface area contributed by atoms with Crippen LogP contribution in [0.3, 0.4) is 0 Å². The standard InChI is InChI=1S/C20H21Cl2F2N5O3/c1-4-31-20(32-5-2)17-14(9-25-29(17)15-7-6-11(21)8-13(15)22)26-19(30)12-10-28(3)27-16(12)18(23)24/h6-10,18,20H,4-5H2,1-3H3,(H,26,30). The Hall–Kier alpha value is -2.53. The first-order valence-electron chi connectivity index (χ1n) is 9.66. The molecule has 0 saturated carbocycles. The van der Waals surface area contributed by atoms with Crippen LogP contribution < -0.4 is 5.32 Å². The molecule has 0 radical (unpaired) electrons. The lowest BCUT2D eigenvalue weighted by Crippen LogP contribution is -2.19. The third-order valence-corrected chi connectivity index (χ3v) is 4.90. The van der Waals surface area contributed by atoms with Crippen molar-refractivity contribution in [1.29, 1.82) is 0 Å². The molecule has 2 aromatic heterocycles. The Balaban J connectivity index is 2.08. The van der Waals surface area contributed by atoms with Crippen LogP contribution in [0.25, 0.3) is 5.69 Å². The summed E-state index contributed by atoms with van der Waals surface area (Å²) in [7, 11) is 1.45. The highest BCUT2D eigenvalue weighted by molar-refractivity contribution is 6.35. The van der Waals surface area contributed by atoms with Gasteiger partial charge >= 0.3 is 0 Å². The number of anilines is 1. The highest BCUT2D eigenvalue weighted by atomic mass is 35.5. The molecule has 0 bridgehead atoms. The number of ether oxygens (including phenoxy) is 2. The summed E-state index contributed by atoms with van der Waals surface area (Å²) in [5.41, 5.74) is 0.123. The summed E-state index contributed by atoms with van der Waals surface area (Å²) in [4.78, 5) is 12.8. The Morgan fingerprint density at radius 3 is 2.50 bits per heavy atom. The normalized spacial score (nSPS) is 11.5. The van der Waals surface area contributed by atoms with Gasteiger partial charge in [-0.05, 0) is 32.0 Å². The molecule has 0 fully saturated rings. The monoisotopic (exact) mass is 487 g/mol. The minimum Gasteiger partial charge on any atom is -0.347 e. The Labute approximate surface area is 193 Å². The summed E-state index contributed by atoms with van der Waals surface area (Å²) >= 11 is 12.4. The van der Waals surface area contributed by atoms with Crippen LogP contribution in [-0.2, 0) is 16.5 Å². The number of carbonyl (C=O) groups excluding carboxylic acids is 1. The van der Waals surface area contributed by atoms with E-state index in [2.05, 4.69) is 15.5 Å². The van der Waals surface area contributed by atoms with Gasteiger partial charge < -0.3 is 14.8 Å². The van der Waals surface area contributed by atoms with Gasteiger partial charge in [0.05, 0.1) is 28.2 Å². The van der Waals surface area contributed by atoms with Gasteiger partial charge in [-0.25, -0.2) is 13.5 Å². The second-order valence-corrected chi connectivity index (χ2v) is 7.39. The van der Waals surface area contributed by atoms with E-state index in [9.17, 15) is 13.6 Å². The molecule has 3 aromatic rings. The molecule has 1 amide bonds. The topological polar surface area (TPSA) is 83.2 Å². The minimum atomic E-state index is -2.91. The first-order chi connectivity index (χ1) is 15.3. The van der Waals surface area contributed by atoms with E-state index < -0.39 is 24.3 Å². The van der Waals surface area contributed by atoms with E-state index in [1.54, 1.807) is 32.0 Å². The maximum absolute atomic E-state index is 13.3. The summed E-state index contributed by atoms with van der Waals surface area (Å²) < 4.78 is 40.6. The van der Waals surface area contributed by atoms with Gasteiger partial charge in [-0.1, -0.05) is 23.2 Å². The van der Waals surface area contributed by atoms with Crippen molar-refractivity contribution in [3.8, 4) is 5.69 Å². The van der Waals surface area contributed by atoms with Crippen molar-refractivity contribution in [1.82, 2.24) is 19.6 Å². The van der Waals surface area contributed by atoms with Gasteiger partial charge in [0, 0.05) is 31.5 Å². The fourth-order valence-electron chi connectivity index (χ4n) is 3.07. The van der Waals surface area contributed by atoms with Gasteiger partial charge in [-0.2, -0.15) is 10.2 Å². The number of aromatic nitrogens is 4. The zero-order chi connectivity index (χ0) is 23.4. The largest absolute Gasteiger partial charge is 0.347 e. The predicted molar refractivity (Wildman–Crippen MR) is 116 cm³/mol. The molecule has 0 aliphatic carbocycles. The lowest BCUT2D eigenvalue weighted by atomic mass is 10.2. The smallest absolute Gasteiger partial charge is 0.282 e.